The van der Waals surface area contributed by atoms with Crippen LogP contribution >= 0.6 is 11.3 Å². The molecule has 2 aromatic carbocycles. The van der Waals surface area contributed by atoms with Crippen LogP contribution in [0.1, 0.15) is 36.8 Å². The number of carbonyl (C=O) groups excluding carboxylic acids is 2. The predicted octanol–water partition coefficient (Wildman–Crippen LogP) is 5.46. The van der Waals surface area contributed by atoms with Crippen LogP contribution in [0, 0.1) is 5.82 Å². The molecule has 0 saturated heterocycles. The van der Waals surface area contributed by atoms with Crippen molar-refractivity contribution in [2.45, 2.75) is 33.0 Å². The third-order valence-corrected chi connectivity index (χ3v) is 4.47. The molecule has 1 heterocycles. The summed E-state index contributed by atoms with van der Waals surface area (Å²) in [4.78, 5) is 29.0. The first kappa shape index (κ1) is 22.2. The maximum Gasteiger partial charge on any atom is 0.412 e. The molecule has 7 nitrogen and oxygen atoms in total. The van der Waals surface area contributed by atoms with Gasteiger partial charge in [-0.1, -0.05) is 6.07 Å². The summed E-state index contributed by atoms with van der Waals surface area (Å²) in [5.74, 6) is -0.561. The summed E-state index contributed by atoms with van der Waals surface area (Å²) >= 11 is 1.47. The number of nitrogens with zero attached hydrogens (tertiary/aromatic N) is 1. The van der Waals surface area contributed by atoms with Crippen molar-refractivity contribution in [3.8, 4) is 5.75 Å². The lowest BCUT2D eigenvalue weighted by molar-refractivity contribution is 0.0635. The molecule has 3 rings (SSSR count). The Morgan fingerprint density at radius 1 is 1.10 bits per heavy atom. The summed E-state index contributed by atoms with van der Waals surface area (Å²) in [6.07, 6.45) is -0.716. The molecule has 0 aliphatic carbocycles. The fourth-order valence-electron chi connectivity index (χ4n) is 2.53. The lowest BCUT2D eigenvalue weighted by Gasteiger charge is -2.20. The van der Waals surface area contributed by atoms with Gasteiger partial charge in [-0.05, 0) is 57.2 Å². The molecule has 3 aromatic rings. The molecule has 0 spiro atoms. The Kier molecular flexibility index (Phi) is 6.86. The second-order valence-electron chi connectivity index (χ2n) is 7.57. The van der Waals surface area contributed by atoms with Crippen molar-refractivity contribution in [2.24, 2.45) is 0 Å². The number of rotatable bonds is 6. The van der Waals surface area contributed by atoms with E-state index < -0.39 is 23.4 Å². The van der Waals surface area contributed by atoms with Crippen molar-refractivity contribution in [3.05, 3.63) is 70.4 Å². The average Bonchev–Trinajstić information content (AvgIpc) is 3.21. The minimum Gasteiger partial charge on any atom is -0.487 e. The van der Waals surface area contributed by atoms with Crippen molar-refractivity contribution >= 4 is 34.7 Å². The topological polar surface area (TPSA) is 89.6 Å². The molecule has 0 aliphatic heterocycles. The van der Waals surface area contributed by atoms with Crippen LogP contribution in [0.4, 0.5) is 20.6 Å². The second kappa shape index (κ2) is 9.57. The number of ether oxygens (including phenoxy) is 2. The molecule has 0 aliphatic rings. The van der Waals surface area contributed by atoms with Gasteiger partial charge >= 0.3 is 6.09 Å². The van der Waals surface area contributed by atoms with Crippen molar-refractivity contribution in [1.29, 1.82) is 0 Å². The van der Waals surface area contributed by atoms with Crippen molar-refractivity contribution in [1.82, 2.24) is 4.98 Å². The summed E-state index contributed by atoms with van der Waals surface area (Å²) < 4.78 is 24.7. The highest BCUT2D eigenvalue weighted by atomic mass is 32.1. The van der Waals surface area contributed by atoms with Gasteiger partial charge < -0.3 is 14.8 Å². The maximum absolute atomic E-state index is 13.8. The fourth-order valence-corrected chi connectivity index (χ4v) is 3.07. The number of halogens is 1. The fraction of sp³-hybridized carbons (Fsp3) is 0.227. The van der Waals surface area contributed by atoms with E-state index in [4.69, 9.17) is 9.47 Å². The molecule has 2 amide bonds. The van der Waals surface area contributed by atoms with Gasteiger partial charge in [0.05, 0.1) is 22.6 Å². The molecule has 0 radical (unpaired) electrons. The molecular weight excluding hydrogens is 421 g/mol. The van der Waals surface area contributed by atoms with Gasteiger partial charge in [0.25, 0.3) is 5.91 Å². The SMILES string of the molecule is CC(C)(C)OC(=O)Nc1ccc(F)cc1NC(=O)c1cccc(OCc2cscn2)c1. The van der Waals surface area contributed by atoms with Gasteiger partial charge in [0.1, 0.15) is 23.8 Å². The van der Waals surface area contributed by atoms with Crippen LogP contribution in [0.15, 0.2) is 53.4 Å². The Balaban J connectivity index is 1.71. The number of anilines is 2. The molecule has 0 saturated carbocycles. The van der Waals surface area contributed by atoms with Gasteiger partial charge in [0.2, 0.25) is 0 Å². The van der Waals surface area contributed by atoms with Crippen LogP contribution < -0.4 is 15.4 Å². The zero-order valence-electron chi connectivity index (χ0n) is 17.3. The largest absolute Gasteiger partial charge is 0.487 e. The molecular formula is C22H22FN3O4S. The monoisotopic (exact) mass is 443 g/mol. The molecule has 2 N–H and O–H groups in total. The maximum atomic E-state index is 13.8. The molecule has 0 unspecified atom stereocenters. The first-order valence-corrected chi connectivity index (χ1v) is 10.3. The van der Waals surface area contributed by atoms with E-state index in [9.17, 15) is 14.0 Å². The molecule has 0 bridgehead atoms. The van der Waals surface area contributed by atoms with E-state index in [-0.39, 0.29) is 18.0 Å². The van der Waals surface area contributed by atoms with E-state index in [1.54, 1.807) is 50.5 Å². The molecule has 31 heavy (non-hydrogen) atoms. The van der Waals surface area contributed by atoms with Crippen molar-refractivity contribution in [3.63, 3.8) is 0 Å². The average molecular weight is 444 g/mol. The highest BCUT2D eigenvalue weighted by molar-refractivity contribution is 7.07. The molecule has 1 aromatic heterocycles. The summed E-state index contributed by atoms with van der Waals surface area (Å²) in [5.41, 5.74) is 2.42. The Labute approximate surface area is 183 Å². The van der Waals surface area contributed by atoms with Gasteiger partial charge in [-0.3, -0.25) is 10.1 Å². The number of hydrogen-bond acceptors (Lipinski definition) is 6. The smallest absolute Gasteiger partial charge is 0.412 e. The number of nitrogens with one attached hydrogen (secondary N) is 2. The summed E-state index contributed by atoms with van der Waals surface area (Å²) in [6.45, 7) is 5.46. The third-order valence-electron chi connectivity index (χ3n) is 3.83. The molecule has 0 fully saturated rings. The number of amides is 2. The first-order chi connectivity index (χ1) is 14.7. The van der Waals surface area contributed by atoms with Crippen LogP contribution in [-0.2, 0) is 11.3 Å². The standard InChI is InChI=1S/C22H22FN3O4S/c1-22(2,3)30-21(28)26-18-8-7-15(23)10-19(18)25-20(27)14-5-4-6-17(9-14)29-11-16-12-31-13-24-16/h4-10,12-13H,11H2,1-3H3,(H,25,27)(H,26,28). The van der Waals surface area contributed by atoms with Gasteiger partial charge in [-0.2, -0.15) is 0 Å². The third kappa shape index (κ3) is 6.78. The Morgan fingerprint density at radius 3 is 2.61 bits per heavy atom. The van der Waals surface area contributed by atoms with Gasteiger partial charge in [-0.15, -0.1) is 11.3 Å². The van der Waals surface area contributed by atoms with Crippen LogP contribution in [0.5, 0.6) is 5.75 Å². The van der Waals surface area contributed by atoms with E-state index in [2.05, 4.69) is 15.6 Å². The summed E-state index contributed by atoms with van der Waals surface area (Å²) in [7, 11) is 0. The van der Waals surface area contributed by atoms with Gasteiger partial charge in [0.15, 0.2) is 0 Å². The van der Waals surface area contributed by atoms with E-state index in [1.165, 1.54) is 23.5 Å². The van der Waals surface area contributed by atoms with E-state index in [0.29, 0.717) is 11.3 Å². The van der Waals surface area contributed by atoms with Crippen LogP contribution in [-0.4, -0.2) is 22.6 Å². The number of hydrogen-bond donors (Lipinski definition) is 2. The minimum absolute atomic E-state index is 0.102. The summed E-state index contributed by atoms with van der Waals surface area (Å²) in [6, 6.07) is 10.2. The number of carbonyl (C=O) groups is 2. The predicted molar refractivity (Wildman–Crippen MR) is 117 cm³/mol. The first-order valence-electron chi connectivity index (χ1n) is 9.40. The Bertz CT molecular complexity index is 1060. The molecule has 9 heteroatoms. The minimum atomic E-state index is -0.716. The number of thiazole rings is 1. The second-order valence-corrected chi connectivity index (χ2v) is 8.29. The van der Waals surface area contributed by atoms with E-state index in [1.807, 2.05) is 5.38 Å². The Morgan fingerprint density at radius 2 is 1.90 bits per heavy atom. The zero-order valence-corrected chi connectivity index (χ0v) is 18.1. The lowest BCUT2D eigenvalue weighted by Crippen LogP contribution is -2.27. The van der Waals surface area contributed by atoms with Crippen molar-refractivity contribution in [2.75, 3.05) is 10.6 Å². The van der Waals surface area contributed by atoms with Crippen LogP contribution in [0.2, 0.25) is 0 Å². The highest BCUT2D eigenvalue weighted by Crippen LogP contribution is 2.25. The molecule has 162 valence electrons. The lowest BCUT2D eigenvalue weighted by atomic mass is 10.2. The van der Waals surface area contributed by atoms with E-state index >= 15 is 0 Å². The van der Waals surface area contributed by atoms with Crippen LogP contribution in [0.25, 0.3) is 0 Å². The zero-order chi connectivity index (χ0) is 22.4. The normalized spacial score (nSPS) is 11.0. The van der Waals surface area contributed by atoms with E-state index in [0.717, 1.165) is 11.8 Å². The molecule has 0 atom stereocenters. The van der Waals surface area contributed by atoms with Crippen molar-refractivity contribution < 1.29 is 23.5 Å². The number of aromatic nitrogens is 1. The quantitative estimate of drug-likeness (QED) is 0.528. The summed E-state index contributed by atoms with van der Waals surface area (Å²) in [5, 5.41) is 7.02. The van der Waals surface area contributed by atoms with Gasteiger partial charge in [-0.25, -0.2) is 14.2 Å². The number of benzene rings is 2. The van der Waals surface area contributed by atoms with Crippen LogP contribution in [0.3, 0.4) is 0 Å². The Hall–Kier alpha value is -3.46. The highest BCUT2D eigenvalue weighted by Gasteiger charge is 2.18. The van der Waals surface area contributed by atoms with Gasteiger partial charge in [0, 0.05) is 10.9 Å².